The van der Waals surface area contributed by atoms with E-state index in [1.807, 2.05) is 12.1 Å². The first kappa shape index (κ1) is 13.6. The molecule has 21 heavy (non-hydrogen) atoms. The Morgan fingerprint density at radius 2 is 1.62 bits per heavy atom. The van der Waals surface area contributed by atoms with Crippen LogP contribution in [0.25, 0.3) is 22.0 Å². The van der Waals surface area contributed by atoms with Crippen molar-refractivity contribution < 1.29 is 0 Å². The van der Waals surface area contributed by atoms with Crippen molar-refractivity contribution in [1.82, 2.24) is 10.2 Å². The van der Waals surface area contributed by atoms with E-state index in [0.29, 0.717) is 0 Å². The fraction of sp³-hybridized carbons (Fsp3) is 0.222. The maximum atomic E-state index is 4.45. The number of aromatic nitrogens is 2. The Morgan fingerprint density at radius 1 is 0.905 bits per heavy atom. The number of aryl methyl sites for hydroxylation is 1. The van der Waals surface area contributed by atoms with E-state index in [2.05, 4.69) is 65.8 Å². The van der Waals surface area contributed by atoms with Crippen LogP contribution in [0.1, 0.15) is 18.9 Å². The summed E-state index contributed by atoms with van der Waals surface area (Å²) in [7, 11) is 0. The Bertz CT molecular complexity index is 748. The molecule has 1 heterocycles. The molecule has 106 valence electrons. The summed E-state index contributed by atoms with van der Waals surface area (Å²) in [5.74, 6) is 0.864. The minimum Gasteiger partial charge on any atom is -0.368 e. The molecule has 0 aliphatic rings. The Kier molecular flexibility index (Phi) is 3.82. The highest BCUT2D eigenvalue weighted by atomic mass is 15.2. The van der Waals surface area contributed by atoms with Gasteiger partial charge in [0.25, 0.3) is 0 Å². The van der Waals surface area contributed by atoms with Crippen molar-refractivity contribution in [1.29, 1.82) is 0 Å². The average molecular weight is 277 g/mol. The standard InChI is InChI=1S/C18H19N3/c1-3-12-19-18-16-7-5-4-6-15(16)17(20-21-18)14-10-8-13(2)9-11-14/h4-11H,3,12H2,1-2H3,(H,19,21). The summed E-state index contributed by atoms with van der Waals surface area (Å²) < 4.78 is 0. The highest BCUT2D eigenvalue weighted by molar-refractivity contribution is 5.99. The van der Waals surface area contributed by atoms with Gasteiger partial charge in [0.1, 0.15) is 5.69 Å². The fourth-order valence-corrected chi connectivity index (χ4v) is 2.40. The number of fused-ring (bicyclic) bond motifs is 1. The normalized spacial score (nSPS) is 10.8. The van der Waals surface area contributed by atoms with Gasteiger partial charge in [-0.2, -0.15) is 0 Å². The first-order valence-electron chi connectivity index (χ1n) is 7.36. The smallest absolute Gasteiger partial charge is 0.156 e. The van der Waals surface area contributed by atoms with Gasteiger partial charge in [-0.1, -0.05) is 61.0 Å². The van der Waals surface area contributed by atoms with Gasteiger partial charge >= 0.3 is 0 Å². The first-order valence-corrected chi connectivity index (χ1v) is 7.36. The second-order valence-corrected chi connectivity index (χ2v) is 5.24. The summed E-state index contributed by atoms with van der Waals surface area (Å²) >= 11 is 0. The summed E-state index contributed by atoms with van der Waals surface area (Å²) in [5, 5.41) is 14.4. The molecule has 0 bridgehead atoms. The predicted octanol–water partition coefficient (Wildman–Crippen LogP) is 4.43. The molecule has 0 saturated carbocycles. The Labute approximate surface area is 125 Å². The minimum absolute atomic E-state index is 0.864. The number of nitrogens with zero attached hydrogens (tertiary/aromatic N) is 2. The van der Waals surface area contributed by atoms with Crippen molar-refractivity contribution in [2.75, 3.05) is 11.9 Å². The van der Waals surface area contributed by atoms with Crippen LogP contribution in [-0.4, -0.2) is 16.7 Å². The van der Waals surface area contributed by atoms with Gasteiger partial charge in [0.15, 0.2) is 5.82 Å². The minimum atomic E-state index is 0.864. The third kappa shape index (κ3) is 2.72. The van der Waals surface area contributed by atoms with Crippen LogP contribution in [0.4, 0.5) is 5.82 Å². The summed E-state index contributed by atoms with van der Waals surface area (Å²) in [6.45, 7) is 5.14. The topological polar surface area (TPSA) is 37.8 Å². The molecule has 0 saturated heterocycles. The van der Waals surface area contributed by atoms with Gasteiger partial charge in [0, 0.05) is 22.9 Å². The van der Waals surface area contributed by atoms with Crippen LogP contribution < -0.4 is 5.32 Å². The van der Waals surface area contributed by atoms with E-state index in [0.717, 1.165) is 40.8 Å². The van der Waals surface area contributed by atoms with Crippen LogP contribution in [0.2, 0.25) is 0 Å². The summed E-state index contributed by atoms with van der Waals surface area (Å²) in [6, 6.07) is 16.7. The zero-order valence-corrected chi connectivity index (χ0v) is 12.4. The molecule has 3 rings (SSSR count). The molecule has 0 atom stereocenters. The molecule has 0 fully saturated rings. The molecule has 0 aliphatic heterocycles. The van der Waals surface area contributed by atoms with Crippen molar-refractivity contribution >= 4 is 16.6 Å². The van der Waals surface area contributed by atoms with E-state index in [-0.39, 0.29) is 0 Å². The summed E-state index contributed by atoms with van der Waals surface area (Å²) in [6.07, 6.45) is 1.07. The molecular formula is C18H19N3. The van der Waals surface area contributed by atoms with Gasteiger partial charge in [-0.25, -0.2) is 0 Å². The Morgan fingerprint density at radius 3 is 2.33 bits per heavy atom. The molecule has 0 aliphatic carbocycles. The predicted molar refractivity (Wildman–Crippen MR) is 88.5 cm³/mol. The molecule has 3 heteroatoms. The van der Waals surface area contributed by atoms with Crippen LogP contribution in [0.3, 0.4) is 0 Å². The Hall–Kier alpha value is -2.42. The second kappa shape index (κ2) is 5.92. The van der Waals surface area contributed by atoms with Crippen molar-refractivity contribution in [3.8, 4) is 11.3 Å². The van der Waals surface area contributed by atoms with E-state index in [9.17, 15) is 0 Å². The third-order valence-electron chi connectivity index (χ3n) is 3.55. The van der Waals surface area contributed by atoms with Crippen molar-refractivity contribution in [2.24, 2.45) is 0 Å². The van der Waals surface area contributed by atoms with Crippen molar-refractivity contribution in [3.63, 3.8) is 0 Å². The quantitative estimate of drug-likeness (QED) is 0.766. The van der Waals surface area contributed by atoms with Gasteiger partial charge in [-0.3, -0.25) is 0 Å². The van der Waals surface area contributed by atoms with E-state index < -0.39 is 0 Å². The maximum absolute atomic E-state index is 4.45. The lowest BCUT2D eigenvalue weighted by Gasteiger charge is -2.10. The van der Waals surface area contributed by atoms with Gasteiger partial charge in [-0.15, -0.1) is 10.2 Å². The molecule has 1 N–H and O–H groups in total. The molecular weight excluding hydrogens is 258 g/mol. The summed E-state index contributed by atoms with van der Waals surface area (Å²) in [5.41, 5.74) is 3.29. The van der Waals surface area contributed by atoms with E-state index in [1.54, 1.807) is 0 Å². The number of nitrogens with one attached hydrogen (secondary N) is 1. The molecule has 0 spiro atoms. The molecule has 3 nitrogen and oxygen atoms in total. The summed E-state index contributed by atoms with van der Waals surface area (Å²) in [4.78, 5) is 0. The van der Waals surface area contributed by atoms with Crippen LogP contribution in [0.5, 0.6) is 0 Å². The molecule has 1 aromatic heterocycles. The van der Waals surface area contributed by atoms with Gasteiger partial charge in [0.05, 0.1) is 0 Å². The highest BCUT2D eigenvalue weighted by Gasteiger charge is 2.10. The zero-order chi connectivity index (χ0) is 14.7. The van der Waals surface area contributed by atoms with Crippen molar-refractivity contribution in [3.05, 3.63) is 54.1 Å². The average Bonchev–Trinajstić information content (AvgIpc) is 2.53. The molecule has 0 unspecified atom stereocenters. The SMILES string of the molecule is CCCNc1nnc(-c2ccc(C)cc2)c2ccccc12. The largest absolute Gasteiger partial charge is 0.368 e. The van der Waals surface area contributed by atoms with Crippen molar-refractivity contribution in [2.45, 2.75) is 20.3 Å². The van der Waals surface area contributed by atoms with Gasteiger partial charge in [-0.05, 0) is 13.3 Å². The van der Waals surface area contributed by atoms with E-state index >= 15 is 0 Å². The van der Waals surface area contributed by atoms with Crippen LogP contribution in [-0.2, 0) is 0 Å². The lowest BCUT2D eigenvalue weighted by Crippen LogP contribution is -2.04. The first-order chi connectivity index (χ1) is 10.3. The number of hydrogen-bond donors (Lipinski definition) is 1. The van der Waals surface area contributed by atoms with Crippen LogP contribution in [0, 0.1) is 6.92 Å². The van der Waals surface area contributed by atoms with Gasteiger partial charge < -0.3 is 5.32 Å². The maximum Gasteiger partial charge on any atom is 0.156 e. The number of benzene rings is 2. The molecule has 3 aromatic rings. The van der Waals surface area contributed by atoms with E-state index in [1.165, 1.54) is 5.56 Å². The fourth-order valence-electron chi connectivity index (χ4n) is 2.40. The van der Waals surface area contributed by atoms with Gasteiger partial charge in [0.2, 0.25) is 0 Å². The zero-order valence-electron chi connectivity index (χ0n) is 12.4. The third-order valence-corrected chi connectivity index (χ3v) is 3.55. The Balaban J connectivity index is 2.14. The highest BCUT2D eigenvalue weighted by Crippen LogP contribution is 2.29. The molecule has 0 radical (unpaired) electrons. The van der Waals surface area contributed by atoms with Crippen LogP contribution in [0.15, 0.2) is 48.5 Å². The number of anilines is 1. The lowest BCUT2D eigenvalue weighted by atomic mass is 10.0. The van der Waals surface area contributed by atoms with Crippen LogP contribution >= 0.6 is 0 Å². The number of rotatable bonds is 4. The second-order valence-electron chi connectivity index (χ2n) is 5.24. The van der Waals surface area contributed by atoms with E-state index in [4.69, 9.17) is 0 Å². The number of hydrogen-bond acceptors (Lipinski definition) is 3. The molecule has 0 amide bonds. The molecule has 2 aromatic carbocycles. The monoisotopic (exact) mass is 277 g/mol. The lowest BCUT2D eigenvalue weighted by molar-refractivity contribution is 0.952.